The second kappa shape index (κ2) is 9.67. The third kappa shape index (κ3) is 4.95. The zero-order chi connectivity index (χ0) is 26.1. The quantitative estimate of drug-likeness (QED) is 0.171. The van der Waals surface area contributed by atoms with E-state index in [0.29, 0.717) is 48.9 Å². The predicted octanol–water partition coefficient (Wildman–Crippen LogP) is 5.40. The number of fused-ring (bicyclic) bond motifs is 1. The molecule has 37 heavy (non-hydrogen) atoms. The number of hydrogen-bond acceptors (Lipinski definition) is 7. The summed E-state index contributed by atoms with van der Waals surface area (Å²) in [6, 6.07) is 16.7. The van der Waals surface area contributed by atoms with Crippen LogP contribution in [0.1, 0.15) is 53.4 Å². The Hall–Kier alpha value is -4.83. The lowest BCUT2D eigenvalue weighted by atomic mass is 10.0. The van der Waals surface area contributed by atoms with Crippen molar-refractivity contribution in [3.05, 3.63) is 92.8 Å². The Bertz CT molecular complexity index is 1690. The van der Waals surface area contributed by atoms with Crippen molar-refractivity contribution in [3.63, 3.8) is 0 Å². The SMILES string of the molecule is CC(=O)c1ccc(C(=O)Nc2ccc(C(=O)c3ccc4[nH]c(O)c(C=Nc5cc(C)[nH]n5)c4c3)cc2)s1. The van der Waals surface area contributed by atoms with E-state index in [1.165, 1.54) is 13.1 Å². The summed E-state index contributed by atoms with van der Waals surface area (Å²) in [5.74, 6) is -0.211. The number of amides is 1. The third-order valence-electron chi connectivity index (χ3n) is 5.68. The molecule has 0 atom stereocenters. The Labute approximate surface area is 214 Å². The summed E-state index contributed by atoms with van der Waals surface area (Å²) in [6.07, 6.45) is 1.50. The fourth-order valence-electron chi connectivity index (χ4n) is 3.78. The summed E-state index contributed by atoms with van der Waals surface area (Å²) in [5, 5.41) is 20.6. The average Bonchev–Trinajstić information content (AvgIpc) is 3.61. The van der Waals surface area contributed by atoms with Crippen LogP contribution in [0, 0.1) is 6.92 Å². The molecule has 0 saturated heterocycles. The molecule has 0 bridgehead atoms. The van der Waals surface area contributed by atoms with Crippen molar-refractivity contribution in [3.8, 4) is 5.88 Å². The summed E-state index contributed by atoms with van der Waals surface area (Å²) in [4.78, 5) is 45.2. The number of aromatic hydroxyl groups is 1. The Kier molecular flexibility index (Phi) is 6.24. The molecule has 2 aromatic carbocycles. The molecule has 0 spiro atoms. The van der Waals surface area contributed by atoms with Crippen LogP contribution < -0.4 is 5.32 Å². The van der Waals surface area contributed by atoms with Crippen molar-refractivity contribution in [2.45, 2.75) is 13.8 Å². The van der Waals surface area contributed by atoms with Crippen LogP contribution in [0.25, 0.3) is 10.9 Å². The van der Waals surface area contributed by atoms with Gasteiger partial charge in [0.2, 0.25) is 0 Å². The van der Waals surface area contributed by atoms with Crippen molar-refractivity contribution in [1.29, 1.82) is 0 Å². The first-order valence-corrected chi connectivity index (χ1v) is 12.1. The van der Waals surface area contributed by atoms with Crippen LogP contribution in [-0.2, 0) is 0 Å². The minimum Gasteiger partial charge on any atom is -0.494 e. The average molecular weight is 512 g/mol. The molecule has 4 N–H and O–H groups in total. The molecule has 0 saturated carbocycles. The topological polar surface area (TPSA) is 140 Å². The number of aromatic amines is 2. The standard InChI is InChI=1S/C27H21N5O4S/c1-14-11-24(32-31-14)28-13-20-19-12-17(5-8-21(19)30-26(20)35)25(34)16-3-6-18(7-4-16)29-27(36)23-10-9-22(37-23)15(2)33/h3-13,30,35H,1-2H3,(H,29,36)(H,31,32). The highest BCUT2D eigenvalue weighted by Crippen LogP contribution is 2.28. The number of rotatable bonds is 7. The van der Waals surface area contributed by atoms with Crippen LogP contribution in [0.5, 0.6) is 5.88 Å². The van der Waals surface area contributed by atoms with Gasteiger partial charge in [-0.05, 0) is 68.4 Å². The van der Waals surface area contributed by atoms with Crippen molar-refractivity contribution in [2.75, 3.05) is 5.32 Å². The molecule has 9 nitrogen and oxygen atoms in total. The van der Waals surface area contributed by atoms with Crippen LogP contribution in [-0.4, -0.2) is 44.0 Å². The number of aromatic nitrogens is 3. The van der Waals surface area contributed by atoms with E-state index in [1.54, 1.807) is 60.7 Å². The van der Waals surface area contributed by atoms with Crippen molar-refractivity contribution in [2.24, 2.45) is 4.99 Å². The molecule has 0 aliphatic rings. The highest BCUT2D eigenvalue weighted by atomic mass is 32.1. The van der Waals surface area contributed by atoms with Gasteiger partial charge in [0, 0.05) is 45.7 Å². The fourth-order valence-corrected chi connectivity index (χ4v) is 4.58. The van der Waals surface area contributed by atoms with Gasteiger partial charge in [-0.15, -0.1) is 11.3 Å². The zero-order valence-electron chi connectivity index (χ0n) is 19.8. The molecule has 0 unspecified atom stereocenters. The molecule has 0 fully saturated rings. The Balaban J connectivity index is 1.35. The smallest absolute Gasteiger partial charge is 0.265 e. The second-order valence-electron chi connectivity index (χ2n) is 8.40. The lowest BCUT2D eigenvalue weighted by molar-refractivity contribution is 0.101. The molecule has 0 aliphatic carbocycles. The van der Waals surface area contributed by atoms with Gasteiger partial charge >= 0.3 is 0 Å². The van der Waals surface area contributed by atoms with Crippen LogP contribution in [0.4, 0.5) is 11.5 Å². The van der Waals surface area contributed by atoms with Gasteiger partial charge in [-0.1, -0.05) is 0 Å². The Morgan fingerprint density at radius 3 is 2.41 bits per heavy atom. The molecular formula is C27H21N5O4S. The number of H-pyrrole nitrogens is 2. The Morgan fingerprint density at radius 2 is 1.73 bits per heavy atom. The van der Waals surface area contributed by atoms with Gasteiger partial charge in [0.05, 0.1) is 15.3 Å². The number of carbonyl (C=O) groups excluding carboxylic acids is 3. The Morgan fingerprint density at radius 1 is 1.00 bits per heavy atom. The van der Waals surface area contributed by atoms with E-state index >= 15 is 0 Å². The highest BCUT2D eigenvalue weighted by molar-refractivity contribution is 7.16. The summed E-state index contributed by atoms with van der Waals surface area (Å²) in [6.45, 7) is 3.32. The largest absolute Gasteiger partial charge is 0.494 e. The normalized spacial score (nSPS) is 11.3. The van der Waals surface area contributed by atoms with E-state index in [4.69, 9.17) is 0 Å². The first-order chi connectivity index (χ1) is 17.8. The number of benzene rings is 2. The van der Waals surface area contributed by atoms with Crippen LogP contribution >= 0.6 is 11.3 Å². The monoisotopic (exact) mass is 511 g/mol. The molecule has 1 amide bonds. The lowest BCUT2D eigenvalue weighted by Crippen LogP contribution is -2.10. The number of ketones is 2. The van der Waals surface area contributed by atoms with Gasteiger partial charge in [0.1, 0.15) is 0 Å². The van der Waals surface area contributed by atoms with Gasteiger partial charge in [-0.3, -0.25) is 19.5 Å². The fraction of sp³-hybridized carbons (Fsp3) is 0.0741. The number of hydrogen-bond donors (Lipinski definition) is 4. The molecule has 0 radical (unpaired) electrons. The first-order valence-electron chi connectivity index (χ1n) is 11.3. The predicted molar refractivity (Wildman–Crippen MR) is 143 cm³/mol. The van der Waals surface area contributed by atoms with E-state index in [0.717, 1.165) is 17.0 Å². The van der Waals surface area contributed by atoms with Gasteiger partial charge < -0.3 is 15.4 Å². The number of nitrogens with one attached hydrogen (secondary N) is 3. The molecule has 3 aromatic heterocycles. The molecule has 184 valence electrons. The number of aliphatic imine (C=N–C) groups is 1. The summed E-state index contributed by atoms with van der Waals surface area (Å²) in [5.41, 5.74) is 3.37. The third-order valence-corrected chi connectivity index (χ3v) is 6.87. The maximum atomic E-state index is 13.2. The lowest BCUT2D eigenvalue weighted by Gasteiger charge is -2.06. The number of thiophene rings is 1. The molecule has 0 aliphatic heterocycles. The molecular weight excluding hydrogens is 490 g/mol. The molecule has 3 heterocycles. The van der Waals surface area contributed by atoms with Gasteiger partial charge in [0.25, 0.3) is 5.91 Å². The van der Waals surface area contributed by atoms with E-state index in [1.807, 2.05) is 6.92 Å². The van der Waals surface area contributed by atoms with Crippen LogP contribution in [0.2, 0.25) is 0 Å². The maximum Gasteiger partial charge on any atom is 0.265 e. The van der Waals surface area contributed by atoms with Gasteiger partial charge in [-0.2, -0.15) is 5.10 Å². The maximum absolute atomic E-state index is 13.2. The number of carbonyl (C=O) groups is 3. The number of aryl methyl sites for hydroxylation is 1. The minimum atomic E-state index is -0.325. The number of anilines is 1. The summed E-state index contributed by atoms with van der Waals surface area (Å²) in [7, 11) is 0. The summed E-state index contributed by atoms with van der Waals surface area (Å²) >= 11 is 1.13. The van der Waals surface area contributed by atoms with E-state index in [9.17, 15) is 19.5 Å². The first kappa shape index (κ1) is 23.9. The highest BCUT2D eigenvalue weighted by Gasteiger charge is 2.16. The number of nitrogens with zero attached hydrogens (tertiary/aromatic N) is 2. The van der Waals surface area contributed by atoms with Crippen molar-refractivity contribution < 1.29 is 19.5 Å². The second-order valence-corrected chi connectivity index (χ2v) is 9.48. The van der Waals surface area contributed by atoms with E-state index < -0.39 is 0 Å². The van der Waals surface area contributed by atoms with E-state index in [2.05, 4.69) is 25.5 Å². The summed E-state index contributed by atoms with van der Waals surface area (Å²) < 4.78 is 0. The van der Waals surface area contributed by atoms with Crippen LogP contribution in [0.15, 0.2) is 65.7 Å². The van der Waals surface area contributed by atoms with Crippen molar-refractivity contribution in [1.82, 2.24) is 15.2 Å². The van der Waals surface area contributed by atoms with E-state index in [-0.39, 0.29) is 23.4 Å². The van der Waals surface area contributed by atoms with Crippen LogP contribution in [0.3, 0.4) is 0 Å². The van der Waals surface area contributed by atoms with Gasteiger partial charge in [0.15, 0.2) is 23.3 Å². The zero-order valence-corrected chi connectivity index (χ0v) is 20.6. The number of Topliss-reactive ketones (excluding diaryl/α,β-unsaturated/α-hetero) is 1. The molecule has 5 aromatic rings. The molecule has 5 rings (SSSR count). The molecule has 10 heteroatoms. The van der Waals surface area contributed by atoms with Crippen molar-refractivity contribution >= 4 is 57.4 Å². The van der Waals surface area contributed by atoms with Gasteiger partial charge in [-0.25, -0.2) is 4.99 Å². The minimum absolute atomic E-state index is 0.0585.